The molecule has 0 radical (unpaired) electrons. The Kier molecular flexibility index (Phi) is 7.64. The molecule has 0 saturated carbocycles. The SMILES string of the molecule is Cc1cc(C)c(O)c(-n2nc3ccc(NC(=O)c4cc5ccccc5cc4C(=O)Nc4ccc5nn(-c6cc(C)cc(C)c6O)nc5c4)cc3n2)c1. The van der Waals surface area contributed by atoms with E-state index in [9.17, 15) is 19.8 Å². The summed E-state index contributed by atoms with van der Waals surface area (Å²) in [4.78, 5) is 30.6. The highest BCUT2D eigenvalue weighted by molar-refractivity contribution is 6.17. The molecule has 8 aromatic rings. The summed E-state index contributed by atoms with van der Waals surface area (Å²) in [6.07, 6.45) is 0. The number of carbonyl (C=O) groups excluding carboxylic acids is 2. The van der Waals surface area contributed by atoms with E-state index in [1.165, 1.54) is 9.59 Å². The Bertz CT molecular complexity index is 2580. The fourth-order valence-electron chi connectivity index (χ4n) is 6.39. The number of rotatable bonds is 6. The van der Waals surface area contributed by atoms with Crippen molar-refractivity contribution in [3.8, 4) is 22.9 Å². The number of benzene rings is 6. The third-order valence-corrected chi connectivity index (χ3v) is 8.93. The van der Waals surface area contributed by atoms with Crippen LogP contribution in [0.1, 0.15) is 43.0 Å². The van der Waals surface area contributed by atoms with Gasteiger partial charge in [-0.2, -0.15) is 0 Å². The first-order valence-electron chi connectivity index (χ1n) is 16.5. The quantitative estimate of drug-likeness (QED) is 0.140. The van der Waals surface area contributed by atoms with Crippen LogP contribution in [0.15, 0.2) is 97.1 Å². The van der Waals surface area contributed by atoms with Crippen molar-refractivity contribution in [2.75, 3.05) is 10.6 Å². The first-order chi connectivity index (χ1) is 25.0. The molecule has 2 aromatic heterocycles. The molecule has 0 fully saturated rings. The number of fused-ring (bicyclic) bond motifs is 3. The predicted molar refractivity (Wildman–Crippen MR) is 200 cm³/mol. The number of nitrogens with one attached hydrogen (secondary N) is 2. The molecule has 12 nitrogen and oxygen atoms in total. The van der Waals surface area contributed by atoms with Crippen molar-refractivity contribution in [2.24, 2.45) is 0 Å². The van der Waals surface area contributed by atoms with E-state index in [4.69, 9.17) is 0 Å². The maximum Gasteiger partial charge on any atom is 0.256 e. The van der Waals surface area contributed by atoms with Crippen molar-refractivity contribution < 1.29 is 19.8 Å². The second-order valence-electron chi connectivity index (χ2n) is 12.9. The largest absolute Gasteiger partial charge is 0.505 e. The number of phenolic OH excluding ortho intramolecular Hbond substituents is 2. The van der Waals surface area contributed by atoms with E-state index in [-0.39, 0.29) is 22.6 Å². The van der Waals surface area contributed by atoms with Crippen LogP contribution in [0.5, 0.6) is 11.5 Å². The number of aromatic nitrogens is 6. The van der Waals surface area contributed by atoms with E-state index in [0.29, 0.717) is 55.9 Å². The van der Waals surface area contributed by atoms with Crippen LogP contribution in [-0.2, 0) is 0 Å². The molecule has 2 heterocycles. The molecule has 0 unspecified atom stereocenters. The zero-order chi connectivity index (χ0) is 36.3. The number of carbonyl (C=O) groups is 2. The van der Waals surface area contributed by atoms with Gasteiger partial charge in [-0.05, 0) is 121 Å². The molecule has 0 bridgehead atoms. The summed E-state index contributed by atoms with van der Waals surface area (Å²) >= 11 is 0. The lowest BCUT2D eigenvalue weighted by Crippen LogP contribution is -2.20. The number of hydrogen-bond acceptors (Lipinski definition) is 8. The normalized spacial score (nSPS) is 11.4. The third-order valence-electron chi connectivity index (χ3n) is 8.93. The first kappa shape index (κ1) is 32.1. The second kappa shape index (κ2) is 12.4. The molecular formula is C40H32N8O4. The monoisotopic (exact) mass is 688 g/mol. The molecule has 0 aliphatic heterocycles. The number of phenols is 2. The Morgan fingerprint density at radius 3 is 1.35 bits per heavy atom. The van der Waals surface area contributed by atoms with Crippen molar-refractivity contribution in [3.05, 3.63) is 130 Å². The summed E-state index contributed by atoms with van der Waals surface area (Å²) in [6, 6.07) is 28.5. The fraction of sp³-hybridized carbons (Fsp3) is 0.100. The highest BCUT2D eigenvalue weighted by atomic mass is 16.3. The zero-order valence-corrected chi connectivity index (χ0v) is 28.6. The van der Waals surface area contributed by atoms with E-state index >= 15 is 0 Å². The van der Waals surface area contributed by atoms with Crippen molar-refractivity contribution >= 4 is 56.0 Å². The van der Waals surface area contributed by atoms with Gasteiger partial charge in [-0.3, -0.25) is 9.59 Å². The van der Waals surface area contributed by atoms with Gasteiger partial charge in [0.05, 0.1) is 11.1 Å². The van der Waals surface area contributed by atoms with Crippen molar-refractivity contribution in [3.63, 3.8) is 0 Å². The number of aryl methyl sites for hydroxylation is 4. The Balaban J connectivity index is 1.09. The van der Waals surface area contributed by atoms with E-state index < -0.39 is 11.8 Å². The van der Waals surface area contributed by atoms with Crippen molar-refractivity contribution in [1.82, 2.24) is 30.0 Å². The molecule has 0 saturated heterocycles. The van der Waals surface area contributed by atoms with Crippen LogP contribution in [0.2, 0.25) is 0 Å². The Hall–Kier alpha value is -7.08. The van der Waals surface area contributed by atoms with Gasteiger partial charge in [0.15, 0.2) is 0 Å². The number of hydrogen-bond donors (Lipinski definition) is 4. The van der Waals surface area contributed by atoms with Gasteiger partial charge in [-0.1, -0.05) is 36.4 Å². The molecular weight excluding hydrogens is 656 g/mol. The van der Waals surface area contributed by atoms with Gasteiger partial charge in [0.2, 0.25) is 0 Å². The van der Waals surface area contributed by atoms with Crippen LogP contribution in [0.3, 0.4) is 0 Å². The average Bonchev–Trinajstić information content (AvgIpc) is 3.74. The van der Waals surface area contributed by atoms with E-state index in [1.54, 1.807) is 60.7 Å². The number of amides is 2. The van der Waals surface area contributed by atoms with Crippen LogP contribution in [0.25, 0.3) is 44.2 Å². The molecule has 52 heavy (non-hydrogen) atoms. The average molecular weight is 689 g/mol. The molecule has 2 amide bonds. The predicted octanol–water partition coefficient (Wildman–Crippen LogP) is 7.46. The highest BCUT2D eigenvalue weighted by Crippen LogP contribution is 2.30. The van der Waals surface area contributed by atoms with Gasteiger partial charge in [0, 0.05) is 11.4 Å². The molecule has 0 spiro atoms. The maximum atomic E-state index is 13.9. The Morgan fingerprint density at radius 1 is 0.519 bits per heavy atom. The van der Waals surface area contributed by atoms with Gasteiger partial charge in [0.1, 0.15) is 44.9 Å². The molecule has 0 atom stereocenters. The minimum atomic E-state index is -0.485. The van der Waals surface area contributed by atoms with E-state index in [2.05, 4.69) is 31.0 Å². The summed E-state index contributed by atoms with van der Waals surface area (Å²) in [6.45, 7) is 7.49. The van der Waals surface area contributed by atoms with E-state index in [1.807, 2.05) is 64.1 Å². The zero-order valence-electron chi connectivity index (χ0n) is 28.6. The van der Waals surface area contributed by atoms with Crippen molar-refractivity contribution in [1.29, 1.82) is 0 Å². The third kappa shape index (κ3) is 5.81. The molecule has 12 heteroatoms. The minimum absolute atomic E-state index is 0.0883. The number of anilines is 2. The van der Waals surface area contributed by atoms with Gasteiger partial charge in [0.25, 0.3) is 11.8 Å². The molecule has 6 aromatic carbocycles. The molecule has 0 aliphatic rings. The summed E-state index contributed by atoms with van der Waals surface area (Å²) in [5.41, 5.74) is 7.67. The van der Waals surface area contributed by atoms with Crippen LogP contribution in [-0.4, -0.2) is 52.0 Å². The van der Waals surface area contributed by atoms with Gasteiger partial charge in [-0.25, -0.2) is 0 Å². The van der Waals surface area contributed by atoms with Gasteiger partial charge >= 0.3 is 0 Å². The Morgan fingerprint density at radius 2 is 0.923 bits per heavy atom. The van der Waals surface area contributed by atoms with Gasteiger partial charge in [-0.15, -0.1) is 30.0 Å². The summed E-state index contributed by atoms with van der Waals surface area (Å²) in [7, 11) is 0. The topological polar surface area (TPSA) is 160 Å². The highest BCUT2D eigenvalue weighted by Gasteiger charge is 2.21. The second-order valence-corrected chi connectivity index (χ2v) is 12.9. The smallest absolute Gasteiger partial charge is 0.256 e. The van der Waals surface area contributed by atoms with Crippen LogP contribution >= 0.6 is 0 Å². The molecule has 256 valence electrons. The Labute approximate surface area is 296 Å². The van der Waals surface area contributed by atoms with Crippen LogP contribution in [0.4, 0.5) is 11.4 Å². The molecule has 8 rings (SSSR count). The first-order valence-corrected chi connectivity index (χ1v) is 16.5. The summed E-state index contributed by atoms with van der Waals surface area (Å²) < 4.78 is 0. The number of aromatic hydroxyl groups is 2. The lowest BCUT2D eigenvalue weighted by atomic mass is 9.99. The van der Waals surface area contributed by atoms with Crippen molar-refractivity contribution in [2.45, 2.75) is 27.7 Å². The molecule has 0 aliphatic carbocycles. The lowest BCUT2D eigenvalue weighted by Gasteiger charge is -2.13. The summed E-state index contributed by atoms with van der Waals surface area (Å²) in [5.74, 6) is -0.793. The standard InChI is InChI=1S/C40H32N8O4/c1-21-13-23(3)37(49)35(15-21)47-43-31-11-9-27(19-33(31)45-47)41-39(51)29-17-25-7-5-6-8-26(25)18-30(29)40(52)42-28-10-12-32-34(20-28)46-48(44-32)36-16-22(2)14-24(4)38(36)50/h5-20,49-50H,1-4H3,(H,41,51)(H,42,52). The maximum absolute atomic E-state index is 13.9. The lowest BCUT2D eigenvalue weighted by molar-refractivity contribution is 0.0991. The summed E-state index contributed by atoms with van der Waals surface area (Å²) in [5, 5.41) is 46.9. The number of nitrogens with zero attached hydrogens (tertiary/aromatic N) is 6. The van der Waals surface area contributed by atoms with Crippen LogP contribution in [0, 0.1) is 27.7 Å². The molecule has 4 N–H and O–H groups in total. The van der Waals surface area contributed by atoms with E-state index in [0.717, 1.165) is 21.9 Å². The van der Waals surface area contributed by atoms with Gasteiger partial charge < -0.3 is 20.8 Å². The minimum Gasteiger partial charge on any atom is -0.505 e. The fourth-order valence-corrected chi connectivity index (χ4v) is 6.39. The van der Waals surface area contributed by atoms with Crippen LogP contribution < -0.4 is 10.6 Å².